The number of H-pyrrole nitrogens is 1. The van der Waals surface area contributed by atoms with Crippen LogP contribution >= 0.6 is 0 Å². The fraction of sp³-hybridized carbons (Fsp3) is 0.500. The minimum atomic E-state index is 0.294. The van der Waals surface area contributed by atoms with Crippen molar-refractivity contribution in [2.75, 3.05) is 0 Å². The van der Waals surface area contributed by atoms with Crippen molar-refractivity contribution in [1.29, 1.82) is 0 Å². The first-order valence-corrected chi connectivity index (χ1v) is 9.12. The molecule has 1 saturated carbocycles. The average Bonchev–Trinajstić information content (AvgIpc) is 3.30. The lowest BCUT2D eigenvalue weighted by atomic mass is 10.0. The van der Waals surface area contributed by atoms with E-state index in [4.69, 9.17) is 0 Å². The molecule has 24 heavy (non-hydrogen) atoms. The Morgan fingerprint density at radius 3 is 2.83 bits per heavy atom. The molecule has 2 aromatic rings. The third-order valence-corrected chi connectivity index (χ3v) is 5.64. The SMILES string of the molecule is Cc1ccccc1-c1n[nH]c2c1CN(C(=O)CCC1CCCC1)C2. The molecule has 126 valence electrons. The maximum absolute atomic E-state index is 12.6. The Morgan fingerprint density at radius 2 is 2.04 bits per heavy atom. The molecule has 1 aromatic carbocycles. The van der Waals surface area contributed by atoms with Gasteiger partial charge in [-0.1, -0.05) is 49.9 Å². The van der Waals surface area contributed by atoms with Crippen LogP contribution in [0.5, 0.6) is 0 Å². The Balaban J connectivity index is 1.45. The first kappa shape index (κ1) is 15.4. The van der Waals surface area contributed by atoms with Gasteiger partial charge in [0.05, 0.1) is 24.5 Å². The zero-order valence-corrected chi connectivity index (χ0v) is 14.3. The summed E-state index contributed by atoms with van der Waals surface area (Å²) in [7, 11) is 0. The molecule has 1 amide bonds. The number of hydrogen-bond acceptors (Lipinski definition) is 2. The minimum absolute atomic E-state index is 0.294. The molecule has 2 heterocycles. The Kier molecular flexibility index (Phi) is 4.13. The standard InChI is InChI=1S/C20H25N3O/c1-14-6-2-5-9-16(14)20-17-12-23(13-18(17)21-22-20)19(24)11-10-15-7-3-4-8-15/h2,5-6,9,15H,3-4,7-8,10-13H2,1H3,(H,21,22). The lowest BCUT2D eigenvalue weighted by Crippen LogP contribution is -2.26. The van der Waals surface area contributed by atoms with Gasteiger partial charge < -0.3 is 4.90 Å². The summed E-state index contributed by atoms with van der Waals surface area (Å²) < 4.78 is 0. The van der Waals surface area contributed by atoms with Gasteiger partial charge in [0.15, 0.2) is 0 Å². The minimum Gasteiger partial charge on any atom is -0.332 e. The largest absolute Gasteiger partial charge is 0.332 e. The highest BCUT2D eigenvalue weighted by molar-refractivity contribution is 5.78. The number of benzene rings is 1. The molecule has 2 aliphatic rings. The normalized spacial score (nSPS) is 17.5. The quantitative estimate of drug-likeness (QED) is 0.917. The summed E-state index contributed by atoms with van der Waals surface area (Å²) in [6.45, 7) is 3.48. The second kappa shape index (κ2) is 6.42. The number of fused-ring (bicyclic) bond motifs is 1. The maximum Gasteiger partial charge on any atom is 0.223 e. The van der Waals surface area contributed by atoms with Gasteiger partial charge in [0.2, 0.25) is 5.91 Å². The first-order chi connectivity index (χ1) is 11.7. The van der Waals surface area contributed by atoms with E-state index in [9.17, 15) is 4.79 Å². The van der Waals surface area contributed by atoms with E-state index in [1.165, 1.54) is 36.8 Å². The van der Waals surface area contributed by atoms with Crippen LogP contribution in [0.4, 0.5) is 0 Å². The van der Waals surface area contributed by atoms with Crippen molar-refractivity contribution < 1.29 is 4.79 Å². The number of amides is 1. The molecule has 4 heteroatoms. The molecule has 1 aromatic heterocycles. The van der Waals surface area contributed by atoms with Gasteiger partial charge >= 0.3 is 0 Å². The van der Waals surface area contributed by atoms with Crippen LogP contribution in [-0.2, 0) is 17.9 Å². The van der Waals surface area contributed by atoms with Gasteiger partial charge in [0.25, 0.3) is 0 Å². The van der Waals surface area contributed by atoms with Crippen LogP contribution in [0.25, 0.3) is 11.3 Å². The van der Waals surface area contributed by atoms with Crippen molar-refractivity contribution >= 4 is 5.91 Å². The number of aromatic amines is 1. The van der Waals surface area contributed by atoms with Gasteiger partial charge in [-0.05, 0) is 24.8 Å². The molecule has 4 rings (SSSR count). The molecule has 4 nitrogen and oxygen atoms in total. The smallest absolute Gasteiger partial charge is 0.223 e. The fourth-order valence-electron chi connectivity index (χ4n) is 4.16. The fourth-order valence-corrected chi connectivity index (χ4v) is 4.16. The summed E-state index contributed by atoms with van der Waals surface area (Å²) in [5.74, 6) is 1.07. The molecular weight excluding hydrogens is 298 g/mol. The molecule has 1 aliphatic carbocycles. The van der Waals surface area contributed by atoms with Crippen molar-refractivity contribution in [3.05, 3.63) is 41.1 Å². The van der Waals surface area contributed by atoms with E-state index in [0.717, 1.165) is 29.3 Å². The third-order valence-electron chi connectivity index (χ3n) is 5.64. The molecule has 0 saturated heterocycles. The number of hydrogen-bond donors (Lipinski definition) is 1. The number of rotatable bonds is 4. The van der Waals surface area contributed by atoms with Crippen LogP contribution in [0.3, 0.4) is 0 Å². The Bertz CT molecular complexity index is 743. The van der Waals surface area contributed by atoms with E-state index in [1.807, 2.05) is 17.0 Å². The van der Waals surface area contributed by atoms with E-state index in [2.05, 4.69) is 29.3 Å². The summed E-state index contributed by atoms with van der Waals surface area (Å²) in [6.07, 6.45) is 7.08. The number of aromatic nitrogens is 2. The number of nitrogens with zero attached hydrogens (tertiary/aromatic N) is 2. The monoisotopic (exact) mass is 323 g/mol. The van der Waals surface area contributed by atoms with Gasteiger partial charge in [-0.3, -0.25) is 9.89 Å². The van der Waals surface area contributed by atoms with Crippen LogP contribution < -0.4 is 0 Å². The highest BCUT2D eigenvalue weighted by Gasteiger charge is 2.29. The summed E-state index contributed by atoms with van der Waals surface area (Å²) in [5, 5.41) is 7.66. The van der Waals surface area contributed by atoms with Gasteiger partial charge in [-0.25, -0.2) is 0 Å². The molecule has 1 N–H and O–H groups in total. The van der Waals surface area contributed by atoms with E-state index in [1.54, 1.807) is 0 Å². The van der Waals surface area contributed by atoms with E-state index in [0.29, 0.717) is 25.4 Å². The summed E-state index contributed by atoms with van der Waals surface area (Å²) >= 11 is 0. The lowest BCUT2D eigenvalue weighted by Gasteiger charge is -2.17. The van der Waals surface area contributed by atoms with Crippen LogP contribution in [-0.4, -0.2) is 21.0 Å². The van der Waals surface area contributed by atoms with Crippen molar-refractivity contribution in [1.82, 2.24) is 15.1 Å². The van der Waals surface area contributed by atoms with Crippen LogP contribution in [0, 0.1) is 12.8 Å². The zero-order valence-electron chi connectivity index (χ0n) is 14.3. The van der Waals surface area contributed by atoms with Crippen LogP contribution in [0.15, 0.2) is 24.3 Å². The van der Waals surface area contributed by atoms with Gasteiger partial charge in [0.1, 0.15) is 0 Å². The Morgan fingerprint density at radius 1 is 1.25 bits per heavy atom. The number of nitrogens with one attached hydrogen (secondary N) is 1. The molecule has 0 bridgehead atoms. The van der Waals surface area contributed by atoms with Gasteiger partial charge in [-0.15, -0.1) is 0 Å². The lowest BCUT2D eigenvalue weighted by molar-refractivity contribution is -0.132. The van der Waals surface area contributed by atoms with Crippen LogP contribution in [0.1, 0.15) is 55.3 Å². The van der Waals surface area contributed by atoms with Crippen LogP contribution in [0.2, 0.25) is 0 Å². The predicted octanol–water partition coefficient (Wildman–Crippen LogP) is 4.20. The second-order valence-electron chi connectivity index (χ2n) is 7.28. The topological polar surface area (TPSA) is 49.0 Å². The number of aryl methyl sites for hydroxylation is 1. The molecule has 0 radical (unpaired) electrons. The molecule has 1 fully saturated rings. The van der Waals surface area contributed by atoms with Gasteiger partial charge in [0, 0.05) is 17.5 Å². The first-order valence-electron chi connectivity index (χ1n) is 9.12. The van der Waals surface area contributed by atoms with Crippen molar-refractivity contribution in [3.63, 3.8) is 0 Å². The highest BCUT2D eigenvalue weighted by atomic mass is 16.2. The molecule has 0 atom stereocenters. The third kappa shape index (κ3) is 2.85. The van der Waals surface area contributed by atoms with Crippen molar-refractivity contribution in [2.24, 2.45) is 5.92 Å². The molecular formula is C20H25N3O. The average molecular weight is 323 g/mol. The van der Waals surface area contributed by atoms with Crippen molar-refractivity contribution in [2.45, 2.75) is 58.5 Å². The number of carbonyl (C=O) groups is 1. The zero-order chi connectivity index (χ0) is 16.5. The summed E-state index contributed by atoms with van der Waals surface area (Å²) in [4.78, 5) is 14.6. The Labute approximate surface area is 143 Å². The molecule has 1 aliphatic heterocycles. The molecule has 0 spiro atoms. The van der Waals surface area contributed by atoms with E-state index < -0.39 is 0 Å². The summed E-state index contributed by atoms with van der Waals surface area (Å²) in [6, 6.07) is 8.31. The van der Waals surface area contributed by atoms with E-state index >= 15 is 0 Å². The number of carbonyl (C=O) groups excluding carboxylic acids is 1. The predicted molar refractivity (Wildman–Crippen MR) is 94.2 cm³/mol. The van der Waals surface area contributed by atoms with E-state index in [-0.39, 0.29) is 0 Å². The second-order valence-corrected chi connectivity index (χ2v) is 7.28. The molecule has 0 unspecified atom stereocenters. The maximum atomic E-state index is 12.6. The highest BCUT2D eigenvalue weighted by Crippen LogP contribution is 2.33. The summed E-state index contributed by atoms with van der Waals surface area (Å²) in [5.41, 5.74) is 5.68. The van der Waals surface area contributed by atoms with Crippen molar-refractivity contribution in [3.8, 4) is 11.3 Å². The Hall–Kier alpha value is -2.10. The van der Waals surface area contributed by atoms with Gasteiger partial charge in [-0.2, -0.15) is 5.10 Å².